The molecule has 3 rings (SSSR count). The Bertz CT molecular complexity index is 865. The Hall–Kier alpha value is -1.52. The highest BCUT2D eigenvalue weighted by Gasteiger charge is 2.32. The topological polar surface area (TPSA) is 82.6 Å². The Morgan fingerprint density at radius 3 is 2.62 bits per heavy atom. The fraction of sp³-hybridized carbons (Fsp3) is 0.375. The fourth-order valence-electron chi connectivity index (χ4n) is 2.75. The van der Waals surface area contributed by atoms with Gasteiger partial charge in [0.2, 0.25) is 5.91 Å². The summed E-state index contributed by atoms with van der Waals surface area (Å²) in [4.78, 5) is 18.3. The van der Waals surface area contributed by atoms with E-state index in [9.17, 15) is 13.2 Å². The number of rotatable bonds is 5. The number of pyridine rings is 1. The molecule has 1 fully saturated rings. The van der Waals surface area contributed by atoms with Gasteiger partial charge in [0, 0.05) is 32.4 Å². The predicted octanol–water partition coefficient (Wildman–Crippen LogP) is 2.13. The molecule has 7 nitrogen and oxygen atoms in total. The van der Waals surface area contributed by atoms with Crippen LogP contribution in [0.1, 0.15) is 6.92 Å². The van der Waals surface area contributed by atoms with Crippen molar-refractivity contribution in [2.45, 2.75) is 17.2 Å². The smallest absolute Gasteiger partial charge is 0.252 e. The van der Waals surface area contributed by atoms with Gasteiger partial charge in [0.25, 0.3) is 10.0 Å². The van der Waals surface area contributed by atoms with Gasteiger partial charge in [0.1, 0.15) is 4.21 Å². The second-order valence-corrected chi connectivity index (χ2v) is 9.35. The van der Waals surface area contributed by atoms with E-state index in [-0.39, 0.29) is 11.1 Å². The largest absolute Gasteiger partial charge is 0.322 e. The first kappa shape index (κ1) is 19.2. The van der Waals surface area contributed by atoms with Gasteiger partial charge < -0.3 is 5.32 Å². The van der Waals surface area contributed by atoms with Crippen LogP contribution in [0.3, 0.4) is 0 Å². The molecule has 1 atom stereocenters. The molecule has 0 aromatic carbocycles. The Labute approximate surface area is 161 Å². The molecule has 1 saturated heterocycles. The summed E-state index contributed by atoms with van der Waals surface area (Å²) in [6.45, 7) is 3.47. The van der Waals surface area contributed by atoms with Gasteiger partial charge in [-0.1, -0.05) is 17.7 Å². The van der Waals surface area contributed by atoms with Crippen LogP contribution >= 0.6 is 22.9 Å². The van der Waals surface area contributed by atoms with Gasteiger partial charge in [-0.25, -0.2) is 13.4 Å². The monoisotopic (exact) mass is 414 g/mol. The van der Waals surface area contributed by atoms with E-state index in [2.05, 4.69) is 10.3 Å². The Kier molecular flexibility index (Phi) is 5.93. The van der Waals surface area contributed by atoms with E-state index in [4.69, 9.17) is 11.6 Å². The van der Waals surface area contributed by atoms with Crippen molar-refractivity contribution in [3.05, 3.63) is 41.0 Å². The molecular weight excluding hydrogens is 396 g/mol. The van der Waals surface area contributed by atoms with E-state index >= 15 is 0 Å². The number of sulfonamides is 1. The van der Waals surface area contributed by atoms with Crippen LogP contribution in [-0.4, -0.2) is 60.7 Å². The number of nitrogens with one attached hydrogen (secondary N) is 1. The molecule has 2 aromatic heterocycles. The normalized spacial score (nSPS) is 17.8. The number of nitrogens with zero attached hydrogens (tertiary/aromatic N) is 3. The van der Waals surface area contributed by atoms with Crippen molar-refractivity contribution in [3.8, 4) is 0 Å². The Balaban J connectivity index is 1.59. The quantitative estimate of drug-likeness (QED) is 0.758. The third-order valence-corrected chi connectivity index (χ3v) is 7.88. The number of carbonyl (C=O) groups is 1. The lowest BCUT2D eigenvalue weighted by Crippen LogP contribution is -2.53. The molecule has 140 valence electrons. The number of hydrogen-bond acceptors (Lipinski definition) is 6. The van der Waals surface area contributed by atoms with E-state index in [1.54, 1.807) is 42.8 Å². The average Bonchev–Trinajstić information content (AvgIpc) is 3.18. The molecule has 0 saturated carbocycles. The highest BCUT2D eigenvalue weighted by atomic mass is 35.5. The molecule has 1 N–H and O–H groups in total. The van der Waals surface area contributed by atoms with Gasteiger partial charge in [-0.3, -0.25) is 9.69 Å². The second kappa shape index (κ2) is 8.01. The maximum atomic E-state index is 12.6. The van der Waals surface area contributed by atoms with Gasteiger partial charge in [-0.05, 0) is 30.5 Å². The average molecular weight is 415 g/mol. The maximum absolute atomic E-state index is 12.6. The molecule has 0 radical (unpaired) electrons. The highest BCUT2D eigenvalue weighted by molar-refractivity contribution is 7.91. The minimum absolute atomic E-state index is 0.200. The first-order chi connectivity index (χ1) is 12.4. The van der Waals surface area contributed by atoms with Crippen molar-refractivity contribution in [2.75, 3.05) is 31.5 Å². The molecule has 0 unspecified atom stereocenters. The summed E-state index contributed by atoms with van der Waals surface area (Å²) in [7, 11) is -3.44. The van der Waals surface area contributed by atoms with Crippen LogP contribution < -0.4 is 5.32 Å². The van der Waals surface area contributed by atoms with Gasteiger partial charge >= 0.3 is 0 Å². The van der Waals surface area contributed by atoms with Crippen LogP contribution in [-0.2, 0) is 14.8 Å². The van der Waals surface area contributed by atoms with Crippen molar-refractivity contribution in [1.29, 1.82) is 0 Å². The molecule has 26 heavy (non-hydrogen) atoms. The second-order valence-electron chi connectivity index (χ2n) is 5.88. The standard InChI is InChI=1S/C16H19ClN4O3S2/c1-12(16(22)19-13-4-2-6-18-15(13)17)20-7-9-21(10-8-20)26(23,24)14-5-3-11-25-14/h2-6,11-12H,7-10H2,1H3,(H,19,22)/t12-/m0/s1. The molecular formula is C16H19ClN4O3S2. The summed E-state index contributed by atoms with van der Waals surface area (Å²) in [5, 5.41) is 4.75. The third-order valence-electron chi connectivity index (χ3n) is 4.31. The molecule has 1 aliphatic heterocycles. The summed E-state index contributed by atoms with van der Waals surface area (Å²) < 4.78 is 26.9. The molecule has 2 aromatic rings. The molecule has 10 heteroatoms. The molecule has 0 spiro atoms. The van der Waals surface area contributed by atoms with Gasteiger partial charge in [-0.15, -0.1) is 11.3 Å². The van der Waals surface area contributed by atoms with E-state index in [1.165, 1.54) is 15.6 Å². The van der Waals surface area contributed by atoms with Crippen molar-refractivity contribution in [3.63, 3.8) is 0 Å². The number of piperazine rings is 1. The summed E-state index contributed by atoms with van der Waals surface area (Å²) in [5.41, 5.74) is 0.463. The lowest BCUT2D eigenvalue weighted by atomic mass is 10.2. The van der Waals surface area contributed by atoms with Crippen LogP contribution in [0.25, 0.3) is 0 Å². The van der Waals surface area contributed by atoms with Crippen LogP contribution in [0.15, 0.2) is 40.1 Å². The van der Waals surface area contributed by atoms with Crippen molar-refractivity contribution < 1.29 is 13.2 Å². The SMILES string of the molecule is C[C@@H](C(=O)Nc1cccnc1Cl)N1CCN(S(=O)(=O)c2cccs2)CC1. The highest BCUT2D eigenvalue weighted by Crippen LogP contribution is 2.23. The Morgan fingerprint density at radius 2 is 2.00 bits per heavy atom. The first-order valence-corrected chi connectivity index (χ1v) is 10.8. The lowest BCUT2D eigenvalue weighted by molar-refractivity contribution is -0.121. The summed E-state index contributed by atoms with van der Waals surface area (Å²) in [5.74, 6) is -0.200. The molecule has 1 aliphatic rings. The van der Waals surface area contributed by atoms with Gasteiger partial charge in [0.15, 0.2) is 5.15 Å². The van der Waals surface area contributed by atoms with E-state index in [0.717, 1.165) is 0 Å². The number of anilines is 1. The zero-order valence-corrected chi connectivity index (χ0v) is 16.5. The van der Waals surface area contributed by atoms with Gasteiger partial charge in [0.05, 0.1) is 11.7 Å². The minimum Gasteiger partial charge on any atom is -0.322 e. The molecule has 1 amide bonds. The van der Waals surface area contributed by atoms with Crippen LogP contribution in [0.5, 0.6) is 0 Å². The van der Waals surface area contributed by atoms with E-state index in [0.29, 0.717) is 36.1 Å². The van der Waals surface area contributed by atoms with Crippen molar-refractivity contribution in [1.82, 2.24) is 14.2 Å². The minimum atomic E-state index is -3.44. The van der Waals surface area contributed by atoms with Crippen LogP contribution in [0.4, 0.5) is 5.69 Å². The summed E-state index contributed by atoms with van der Waals surface area (Å²) in [6.07, 6.45) is 1.55. The predicted molar refractivity (Wildman–Crippen MR) is 102 cm³/mol. The van der Waals surface area contributed by atoms with Crippen molar-refractivity contribution >= 4 is 44.6 Å². The van der Waals surface area contributed by atoms with Gasteiger partial charge in [-0.2, -0.15) is 4.31 Å². The zero-order valence-electron chi connectivity index (χ0n) is 14.1. The molecule has 0 aliphatic carbocycles. The lowest BCUT2D eigenvalue weighted by Gasteiger charge is -2.36. The number of carbonyl (C=O) groups excluding carboxylic acids is 1. The number of thiophene rings is 1. The number of amides is 1. The Morgan fingerprint density at radius 1 is 1.27 bits per heavy atom. The fourth-order valence-corrected chi connectivity index (χ4v) is 5.48. The van der Waals surface area contributed by atoms with E-state index < -0.39 is 16.1 Å². The van der Waals surface area contributed by atoms with Crippen LogP contribution in [0.2, 0.25) is 5.15 Å². The maximum Gasteiger partial charge on any atom is 0.252 e. The molecule has 0 bridgehead atoms. The van der Waals surface area contributed by atoms with Crippen LogP contribution in [0, 0.1) is 0 Å². The third kappa shape index (κ3) is 4.07. The van der Waals surface area contributed by atoms with E-state index in [1.807, 2.05) is 4.90 Å². The number of aromatic nitrogens is 1. The number of hydrogen-bond donors (Lipinski definition) is 1. The zero-order chi connectivity index (χ0) is 18.7. The molecule has 3 heterocycles. The number of halogens is 1. The first-order valence-electron chi connectivity index (χ1n) is 8.08. The summed E-state index contributed by atoms with van der Waals surface area (Å²) in [6, 6.07) is 6.31. The van der Waals surface area contributed by atoms with Crippen molar-refractivity contribution in [2.24, 2.45) is 0 Å². The summed E-state index contributed by atoms with van der Waals surface area (Å²) >= 11 is 7.18.